The summed E-state index contributed by atoms with van der Waals surface area (Å²) < 4.78 is 16.5. The molecule has 0 aliphatic carbocycles. The first kappa shape index (κ1) is 16.1. The maximum Gasteiger partial charge on any atom is 0.294 e. The van der Waals surface area contributed by atoms with Crippen molar-refractivity contribution >= 4 is 6.47 Å². The lowest BCUT2D eigenvalue weighted by Gasteiger charge is -2.21. The second-order valence-electron chi connectivity index (χ2n) is 5.85. The molecule has 0 saturated heterocycles. The van der Waals surface area contributed by atoms with E-state index in [0.717, 1.165) is 16.9 Å². The number of nitrogens with zero attached hydrogens (tertiary/aromatic N) is 1. The number of rotatable bonds is 6. The molecule has 1 aromatic carbocycles. The van der Waals surface area contributed by atoms with Crippen LogP contribution in [0.25, 0.3) is 11.3 Å². The molecular weight excluding hydrogens is 282 g/mol. The van der Waals surface area contributed by atoms with E-state index in [1.165, 1.54) is 6.39 Å². The number of hydrogen-bond donors (Lipinski definition) is 0. The molecule has 2 rings (SSSR count). The van der Waals surface area contributed by atoms with Gasteiger partial charge in [-0.2, -0.15) is 0 Å². The van der Waals surface area contributed by atoms with Crippen LogP contribution in [0.1, 0.15) is 39.0 Å². The lowest BCUT2D eigenvalue weighted by atomic mass is 9.97. The first-order valence-corrected chi connectivity index (χ1v) is 7.19. The van der Waals surface area contributed by atoms with Crippen LogP contribution in [0.3, 0.4) is 0 Å². The Balaban J connectivity index is 2.50. The molecule has 118 valence electrons. The van der Waals surface area contributed by atoms with Gasteiger partial charge < -0.3 is 13.9 Å². The molecule has 0 fully saturated rings. The van der Waals surface area contributed by atoms with E-state index in [9.17, 15) is 4.79 Å². The van der Waals surface area contributed by atoms with E-state index < -0.39 is 5.60 Å². The van der Waals surface area contributed by atoms with Gasteiger partial charge in [0.2, 0.25) is 0 Å². The zero-order valence-electron chi connectivity index (χ0n) is 13.5. The van der Waals surface area contributed by atoms with Crippen LogP contribution in [0.15, 0.2) is 29.0 Å². The van der Waals surface area contributed by atoms with E-state index in [-0.39, 0.29) is 6.10 Å². The predicted octanol–water partition coefficient (Wildman–Crippen LogP) is 3.85. The van der Waals surface area contributed by atoms with E-state index in [0.29, 0.717) is 17.9 Å². The van der Waals surface area contributed by atoms with Crippen molar-refractivity contribution in [2.24, 2.45) is 0 Å². The summed E-state index contributed by atoms with van der Waals surface area (Å²) >= 11 is 0. The molecule has 0 radical (unpaired) electrons. The molecule has 0 unspecified atom stereocenters. The third-order valence-corrected chi connectivity index (χ3v) is 3.37. The summed E-state index contributed by atoms with van der Waals surface area (Å²) in [6.07, 6.45) is 1.44. The largest absolute Gasteiger partial charge is 0.491 e. The van der Waals surface area contributed by atoms with Gasteiger partial charge >= 0.3 is 0 Å². The Kier molecular flexibility index (Phi) is 4.54. The summed E-state index contributed by atoms with van der Waals surface area (Å²) in [6.45, 7) is 9.88. The minimum absolute atomic E-state index is 0.0815. The molecular formula is C17H21NO4. The van der Waals surface area contributed by atoms with Crippen LogP contribution in [-0.2, 0) is 15.1 Å². The number of benzene rings is 1. The minimum Gasteiger partial charge on any atom is -0.491 e. The molecule has 0 amide bonds. The third kappa shape index (κ3) is 3.13. The van der Waals surface area contributed by atoms with Gasteiger partial charge in [-0.25, -0.2) is 4.98 Å². The Hall–Kier alpha value is -2.30. The first-order chi connectivity index (χ1) is 10.4. The molecule has 0 bridgehead atoms. The SMILES string of the molecule is Cc1c(OC(C)C)cccc1-c1ocnc1C(C)(C)OC=O. The van der Waals surface area contributed by atoms with Crippen LogP contribution < -0.4 is 4.74 Å². The molecule has 0 atom stereocenters. The Labute approximate surface area is 130 Å². The summed E-state index contributed by atoms with van der Waals surface area (Å²) in [5, 5.41) is 0. The highest BCUT2D eigenvalue weighted by molar-refractivity contribution is 5.68. The average Bonchev–Trinajstić information content (AvgIpc) is 2.90. The fourth-order valence-electron chi connectivity index (χ4n) is 2.28. The minimum atomic E-state index is -0.870. The van der Waals surface area contributed by atoms with Gasteiger partial charge in [-0.05, 0) is 40.7 Å². The number of hydrogen-bond acceptors (Lipinski definition) is 5. The monoisotopic (exact) mass is 303 g/mol. The Morgan fingerprint density at radius 2 is 2.05 bits per heavy atom. The van der Waals surface area contributed by atoms with Gasteiger partial charge in [0, 0.05) is 11.1 Å². The van der Waals surface area contributed by atoms with Crippen molar-refractivity contribution in [3.05, 3.63) is 35.9 Å². The van der Waals surface area contributed by atoms with Gasteiger partial charge in [0.15, 0.2) is 17.8 Å². The quantitative estimate of drug-likeness (QED) is 0.759. The summed E-state index contributed by atoms with van der Waals surface area (Å²) in [4.78, 5) is 14.9. The summed E-state index contributed by atoms with van der Waals surface area (Å²) in [5.74, 6) is 1.38. The average molecular weight is 303 g/mol. The maximum atomic E-state index is 10.7. The number of carbonyl (C=O) groups is 1. The van der Waals surface area contributed by atoms with Crippen molar-refractivity contribution in [1.82, 2.24) is 4.98 Å². The zero-order valence-corrected chi connectivity index (χ0v) is 13.5. The molecule has 2 aromatic rings. The topological polar surface area (TPSA) is 61.6 Å². The van der Waals surface area contributed by atoms with Crippen molar-refractivity contribution in [1.29, 1.82) is 0 Å². The molecule has 0 N–H and O–H groups in total. The normalized spacial score (nSPS) is 11.5. The summed E-state index contributed by atoms with van der Waals surface area (Å²) in [7, 11) is 0. The molecule has 1 aromatic heterocycles. The van der Waals surface area contributed by atoms with Crippen LogP contribution in [-0.4, -0.2) is 17.6 Å². The Morgan fingerprint density at radius 1 is 1.32 bits per heavy atom. The van der Waals surface area contributed by atoms with Crippen molar-refractivity contribution in [2.75, 3.05) is 0 Å². The van der Waals surface area contributed by atoms with Crippen LogP contribution in [0.5, 0.6) is 5.75 Å². The highest BCUT2D eigenvalue weighted by Gasteiger charge is 2.30. The van der Waals surface area contributed by atoms with Crippen molar-refractivity contribution < 1.29 is 18.7 Å². The predicted molar refractivity (Wildman–Crippen MR) is 82.6 cm³/mol. The molecule has 0 spiro atoms. The van der Waals surface area contributed by atoms with Gasteiger partial charge in [0.1, 0.15) is 11.4 Å². The van der Waals surface area contributed by atoms with Gasteiger partial charge in [0.25, 0.3) is 6.47 Å². The summed E-state index contributed by atoms with van der Waals surface area (Å²) in [5.41, 5.74) is 1.53. The van der Waals surface area contributed by atoms with E-state index >= 15 is 0 Å². The van der Waals surface area contributed by atoms with Gasteiger partial charge in [-0.15, -0.1) is 0 Å². The second-order valence-corrected chi connectivity index (χ2v) is 5.85. The molecule has 0 aliphatic rings. The fraction of sp³-hybridized carbons (Fsp3) is 0.412. The van der Waals surface area contributed by atoms with E-state index in [1.54, 1.807) is 13.8 Å². The Bertz CT molecular complexity index is 658. The van der Waals surface area contributed by atoms with Gasteiger partial charge in [0.05, 0.1) is 6.10 Å². The lowest BCUT2D eigenvalue weighted by molar-refractivity contribution is -0.141. The summed E-state index contributed by atoms with van der Waals surface area (Å²) in [6, 6.07) is 5.76. The lowest BCUT2D eigenvalue weighted by Crippen LogP contribution is -2.22. The highest BCUT2D eigenvalue weighted by Crippen LogP contribution is 2.37. The van der Waals surface area contributed by atoms with Gasteiger partial charge in [-0.1, -0.05) is 12.1 Å². The molecule has 22 heavy (non-hydrogen) atoms. The number of oxazole rings is 1. The number of aromatic nitrogens is 1. The fourth-order valence-corrected chi connectivity index (χ4v) is 2.28. The van der Waals surface area contributed by atoms with Crippen molar-refractivity contribution in [3.63, 3.8) is 0 Å². The maximum absolute atomic E-state index is 10.7. The standard InChI is InChI=1S/C17H21NO4/c1-11(2)22-14-8-6-7-13(12(14)3)15-16(18-9-20-15)17(4,5)21-10-19/h6-11H,1-5H3. The molecule has 0 aliphatic heterocycles. The van der Waals surface area contributed by atoms with E-state index in [1.807, 2.05) is 39.0 Å². The smallest absolute Gasteiger partial charge is 0.294 e. The van der Waals surface area contributed by atoms with Gasteiger partial charge in [-0.3, -0.25) is 4.79 Å². The van der Waals surface area contributed by atoms with Crippen molar-refractivity contribution in [2.45, 2.75) is 46.3 Å². The van der Waals surface area contributed by atoms with Crippen LogP contribution >= 0.6 is 0 Å². The molecule has 5 nitrogen and oxygen atoms in total. The highest BCUT2D eigenvalue weighted by atomic mass is 16.5. The molecule has 1 heterocycles. The third-order valence-electron chi connectivity index (χ3n) is 3.37. The zero-order chi connectivity index (χ0) is 16.3. The molecule has 5 heteroatoms. The van der Waals surface area contributed by atoms with Crippen LogP contribution in [0, 0.1) is 6.92 Å². The first-order valence-electron chi connectivity index (χ1n) is 7.19. The van der Waals surface area contributed by atoms with E-state index in [2.05, 4.69) is 4.98 Å². The van der Waals surface area contributed by atoms with Crippen molar-refractivity contribution in [3.8, 4) is 17.1 Å². The second kappa shape index (κ2) is 6.22. The van der Waals surface area contributed by atoms with Crippen LogP contribution in [0.2, 0.25) is 0 Å². The number of carbonyl (C=O) groups excluding carboxylic acids is 1. The number of ether oxygens (including phenoxy) is 2. The Morgan fingerprint density at radius 3 is 2.68 bits per heavy atom. The molecule has 0 saturated carbocycles. The van der Waals surface area contributed by atoms with E-state index in [4.69, 9.17) is 13.9 Å². The van der Waals surface area contributed by atoms with Crippen LogP contribution in [0.4, 0.5) is 0 Å².